The van der Waals surface area contributed by atoms with E-state index < -0.39 is 12.1 Å². The highest BCUT2D eigenvalue weighted by molar-refractivity contribution is 9.10. The zero-order valence-corrected chi connectivity index (χ0v) is 16.6. The van der Waals surface area contributed by atoms with Gasteiger partial charge in [0.2, 0.25) is 0 Å². The Labute approximate surface area is 171 Å². The van der Waals surface area contributed by atoms with Crippen LogP contribution in [0.3, 0.4) is 0 Å². The third kappa shape index (κ3) is 4.91. The second kappa shape index (κ2) is 8.04. The van der Waals surface area contributed by atoms with Gasteiger partial charge in [-0.25, -0.2) is 9.67 Å². The van der Waals surface area contributed by atoms with Crippen molar-refractivity contribution in [3.63, 3.8) is 0 Å². The number of hydrogen-bond acceptors (Lipinski definition) is 2. The molecule has 0 saturated carbocycles. The van der Waals surface area contributed by atoms with Crippen LogP contribution in [0.2, 0.25) is 10.0 Å². The van der Waals surface area contributed by atoms with Gasteiger partial charge in [0.25, 0.3) is 0 Å². The average Bonchev–Trinajstić information content (AvgIpc) is 3.07. The van der Waals surface area contributed by atoms with Crippen molar-refractivity contribution < 1.29 is 13.2 Å². The topological polar surface area (TPSA) is 30.7 Å². The van der Waals surface area contributed by atoms with Crippen molar-refractivity contribution in [1.82, 2.24) is 14.8 Å². The molecule has 9 heteroatoms. The van der Waals surface area contributed by atoms with Gasteiger partial charge in [-0.2, -0.15) is 18.3 Å². The van der Waals surface area contributed by atoms with Crippen molar-refractivity contribution in [2.75, 3.05) is 0 Å². The first-order chi connectivity index (χ1) is 12.7. The van der Waals surface area contributed by atoms with Crippen LogP contribution >= 0.6 is 39.1 Å². The molecular formula is C18H11BrCl2F3N3. The molecule has 1 unspecified atom stereocenters. The summed E-state index contributed by atoms with van der Waals surface area (Å²) in [7, 11) is 0. The molecule has 27 heavy (non-hydrogen) atoms. The van der Waals surface area contributed by atoms with Crippen molar-refractivity contribution in [3.05, 3.63) is 80.8 Å². The zero-order chi connectivity index (χ0) is 19.6. The highest BCUT2D eigenvalue weighted by Crippen LogP contribution is 2.38. The van der Waals surface area contributed by atoms with Crippen molar-refractivity contribution >= 4 is 45.2 Å². The van der Waals surface area contributed by atoms with E-state index in [-0.39, 0.29) is 15.6 Å². The van der Waals surface area contributed by atoms with Crippen LogP contribution in [-0.4, -0.2) is 20.9 Å². The summed E-state index contributed by atoms with van der Waals surface area (Å²) in [5.41, 5.74) is 1.29. The van der Waals surface area contributed by atoms with E-state index in [1.54, 1.807) is 22.9 Å². The lowest BCUT2D eigenvalue weighted by molar-refractivity contribution is -0.139. The maximum Gasteiger partial charge on any atom is 0.399 e. The largest absolute Gasteiger partial charge is 0.399 e. The number of allylic oxidation sites excluding steroid dienone is 1. The van der Waals surface area contributed by atoms with Crippen LogP contribution in [0.25, 0.3) is 11.8 Å². The van der Waals surface area contributed by atoms with Gasteiger partial charge in [-0.15, -0.1) is 0 Å². The molecule has 1 heterocycles. The molecule has 0 saturated heterocycles. The fraction of sp³-hybridized carbons (Fsp3) is 0.111. The van der Waals surface area contributed by atoms with Gasteiger partial charge in [-0.1, -0.05) is 41.4 Å². The van der Waals surface area contributed by atoms with Gasteiger partial charge < -0.3 is 0 Å². The normalized spacial score (nSPS) is 13.3. The van der Waals surface area contributed by atoms with E-state index in [1.807, 2.05) is 0 Å². The zero-order valence-electron chi connectivity index (χ0n) is 13.5. The molecule has 0 aliphatic carbocycles. The average molecular weight is 477 g/mol. The SMILES string of the molecule is FC(F)(F)C(/C=C/c1ccc(-n2cncn2)c(Br)c1)c1cc(Cl)cc(Cl)c1. The number of nitrogens with zero attached hydrogens (tertiary/aromatic N) is 3. The minimum absolute atomic E-state index is 0.0189. The van der Waals surface area contributed by atoms with Crippen LogP contribution in [0.1, 0.15) is 17.0 Å². The van der Waals surface area contributed by atoms with Crippen molar-refractivity contribution in [2.24, 2.45) is 0 Å². The minimum atomic E-state index is -4.48. The van der Waals surface area contributed by atoms with Crippen LogP contribution < -0.4 is 0 Å². The molecule has 0 spiro atoms. The summed E-state index contributed by atoms with van der Waals surface area (Å²) >= 11 is 15.1. The van der Waals surface area contributed by atoms with Crippen molar-refractivity contribution in [3.8, 4) is 5.69 Å². The first kappa shape index (κ1) is 19.9. The molecule has 1 atom stereocenters. The summed E-state index contributed by atoms with van der Waals surface area (Å²) in [4.78, 5) is 3.87. The lowest BCUT2D eigenvalue weighted by Crippen LogP contribution is -2.18. The Hall–Kier alpha value is -1.83. The molecule has 140 valence electrons. The Morgan fingerprint density at radius 3 is 2.33 bits per heavy atom. The van der Waals surface area contributed by atoms with E-state index in [4.69, 9.17) is 23.2 Å². The fourth-order valence-corrected chi connectivity index (χ4v) is 3.64. The quantitative estimate of drug-likeness (QED) is 0.419. The third-order valence-corrected chi connectivity index (χ3v) is 4.79. The smallest absolute Gasteiger partial charge is 0.223 e. The summed E-state index contributed by atoms with van der Waals surface area (Å²) in [6, 6.07) is 9.04. The number of halogens is 6. The van der Waals surface area contributed by atoms with E-state index >= 15 is 0 Å². The Kier molecular flexibility index (Phi) is 5.93. The molecule has 3 rings (SSSR count). The molecule has 2 aromatic carbocycles. The Morgan fingerprint density at radius 1 is 1.07 bits per heavy atom. The molecule has 0 amide bonds. The van der Waals surface area contributed by atoms with Crippen LogP contribution in [0.4, 0.5) is 13.2 Å². The van der Waals surface area contributed by atoms with Gasteiger partial charge in [0.15, 0.2) is 0 Å². The number of alkyl halides is 3. The summed E-state index contributed by atoms with van der Waals surface area (Å²) in [6.07, 6.45) is 0.923. The van der Waals surface area contributed by atoms with Crippen LogP contribution in [0.5, 0.6) is 0 Å². The van der Waals surface area contributed by atoms with E-state index in [1.165, 1.54) is 36.9 Å². The molecule has 0 aliphatic heterocycles. The molecule has 0 bridgehead atoms. The number of aromatic nitrogens is 3. The van der Waals surface area contributed by atoms with Crippen LogP contribution in [0.15, 0.2) is 59.6 Å². The van der Waals surface area contributed by atoms with E-state index in [0.717, 1.165) is 11.8 Å². The Bertz CT molecular complexity index is 952. The number of rotatable bonds is 4. The van der Waals surface area contributed by atoms with E-state index in [9.17, 15) is 13.2 Å². The van der Waals surface area contributed by atoms with Gasteiger partial charge in [0.1, 0.15) is 12.7 Å². The molecule has 3 aromatic rings. The van der Waals surface area contributed by atoms with Gasteiger partial charge in [-0.05, 0) is 57.4 Å². The number of hydrogen-bond donors (Lipinski definition) is 0. The van der Waals surface area contributed by atoms with E-state index in [2.05, 4.69) is 26.0 Å². The molecule has 0 fully saturated rings. The maximum absolute atomic E-state index is 13.5. The molecule has 0 N–H and O–H groups in total. The molecule has 3 nitrogen and oxygen atoms in total. The lowest BCUT2D eigenvalue weighted by atomic mass is 9.97. The monoisotopic (exact) mass is 475 g/mol. The predicted octanol–water partition coefficient (Wildman–Crippen LogP) is 6.70. The van der Waals surface area contributed by atoms with Gasteiger partial charge in [0.05, 0.1) is 11.6 Å². The van der Waals surface area contributed by atoms with Crippen molar-refractivity contribution in [1.29, 1.82) is 0 Å². The van der Waals surface area contributed by atoms with Gasteiger partial charge >= 0.3 is 6.18 Å². The molecular weight excluding hydrogens is 466 g/mol. The predicted molar refractivity (Wildman–Crippen MR) is 103 cm³/mol. The summed E-state index contributed by atoms with van der Waals surface area (Å²) < 4.78 is 42.8. The second-order valence-corrected chi connectivity index (χ2v) is 7.36. The third-order valence-electron chi connectivity index (χ3n) is 3.72. The van der Waals surface area contributed by atoms with Crippen LogP contribution in [-0.2, 0) is 0 Å². The highest BCUT2D eigenvalue weighted by atomic mass is 79.9. The fourth-order valence-electron chi connectivity index (χ4n) is 2.52. The molecule has 0 aliphatic rings. The maximum atomic E-state index is 13.5. The summed E-state index contributed by atoms with van der Waals surface area (Å²) in [6.45, 7) is 0. The molecule has 0 radical (unpaired) electrons. The Balaban J connectivity index is 1.92. The second-order valence-electron chi connectivity index (χ2n) is 5.63. The summed E-state index contributed by atoms with van der Waals surface area (Å²) in [5, 5.41) is 4.33. The highest BCUT2D eigenvalue weighted by Gasteiger charge is 2.39. The van der Waals surface area contributed by atoms with Gasteiger partial charge in [0, 0.05) is 14.5 Å². The Morgan fingerprint density at radius 2 is 1.78 bits per heavy atom. The standard InChI is InChI=1S/C18H11BrCl2F3N3/c19-16-5-11(2-4-17(16)27-10-25-9-26-27)1-3-15(18(22,23)24)12-6-13(20)8-14(21)7-12/h1-10,15H/b3-1+. The first-order valence-electron chi connectivity index (χ1n) is 7.59. The van der Waals surface area contributed by atoms with Crippen molar-refractivity contribution in [2.45, 2.75) is 12.1 Å². The minimum Gasteiger partial charge on any atom is -0.223 e. The number of benzene rings is 2. The molecule has 1 aromatic heterocycles. The van der Waals surface area contributed by atoms with E-state index in [0.29, 0.717) is 10.0 Å². The first-order valence-corrected chi connectivity index (χ1v) is 9.14. The van der Waals surface area contributed by atoms with Gasteiger partial charge in [-0.3, -0.25) is 0 Å². The lowest BCUT2D eigenvalue weighted by Gasteiger charge is -2.18. The van der Waals surface area contributed by atoms with Crippen LogP contribution in [0, 0.1) is 0 Å². The summed E-state index contributed by atoms with van der Waals surface area (Å²) in [5.74, 6) is -1.83.